The van der Waals surface area contributed by atoms with Gasteiger partial charge < -0.3 is 14.9 Å². The van der Waals surface area contributed by atoms with Gasteiger partial charge in [-0.2, -0.15) is 0 Å². The van der Waals surface area contributed by atoms with Gasteiger partial charge in [0.25, 0.3) is 0 Å². The van der Waals surface area contributed by atoms with Crippen LogP contribution in [0.25, 0.3) is 0 Å². The van der Waals surface area contributed by atoms with Gasteiger partial charge in [0.05, 0.1) is 18.8 Å². The predicted molar refractivity (Wildman–Crippen MR) is 67.8 cm³/mol. The van der Waals surface area contributed by atoms with Crippen molar-refractivity contribution >= 4 is 15.9 Å². The minimum atomic E-state index is -0.339. The van der Waals surface area contributed by atoms with Crippen LogP contribution in [-0.4, -0.2) is 11.6 Å². The summed E-state index contributed by atoms with van der Waals surface area (Å²) in [4.78, 5) is 4.10. The highest BCUT2D eigenvalue weighted by molar-refractivity contribution is 9.10. The van der Waals surface area contributed by atoms with E-state index in [-0.39, 0.29) is 6.04 Å². The third-order valence-electron chi connectivity index (χ3n) is 2.30. The predicted octanol–water partition coefficient (Wildman–Crippen LogP) is 2.88. The molecule has 0 saturated heterocycles. The Morgan fingerprint density at radius 3 is 2.94 bits per heavy atom. The Kier molecular flexibility index (Phi) is 3.81. The van der Waals surface area contributed by atoms with Crippen molar-refractivity contribution in [1.82, 2.24) is 4.98 Å². The Balaban J connectivity index is 2.24. The zero-order chi connectivity index (χ0) is 12.3. The van der Waals surface area contributed by atoms with Crippen LogP contribution in [0.15, 0.2) is 39.7 Å². The quantitative estimate of drug-likeness (QED) is 0.942. The fraction of sp³-hybridized carbons (Fsp3) is 0.250. The lowest BCUT2D eigenvalue weighted by atomic mass is 10.1. The van der Waals surface area contributed by atoms with Gasteiger partial charge in [0.2, 0.25) is 0 Å². The normalized spacial score (nSPS) is 12.4. The van der Waals surface area contributed by atoms with Crippen molar-refractivity contribution in [3.63, 3.8) is 0 Å². The van der Waals surface area contributed by atoms with Crippen LogP contribution in [0.1, 0.15) is 24.3 Å². The van der Waals surface area contributed by atoms with E-state index < -0.39 is 0 Å². The van der Waals surface area contributed by atoms with E-state index in [0.29, 0.717) is 22.8 Å². The first kappa shape index (κ1) is 12.1. The summed E-state index contributed by atoms with van der Waals surface area (Å²) in [5, 5.41) is 0. The monoisotopic (exact) mass is 296 g/mol. The first-order valence-electron chi connectivity index (χ1n) is 5.29. The van der Waals surface area contributed by atoms with Crippen molar-refractivity contribution in [2.75, 3.05) is 6.61 Å². The minimum Gasteiger partial charge on any atom is -0.492 e. The topological polar surface area (TPSA) is 61.3 Å². The average molecular weight is 297 g/mol. The number of rotatable bonds is 4. The molecule has 2 heterocycles. The number of aromatic nitrogens is 1. The van der Waals surface area contributed by atoms with E-state index in [1.165, 1.54) is 0 Å². The zero-order valence-corrected chi connectivity index (χ0v) is 11.0. The summed E-state index contributed by atoms with van der Waals surface area (Å²) in [6.45, 7) is 2.53. The summed E-state index contributed by atoms with van der Waals surface area (Å²) in [6.07, 6.45) is 3.38. The van der Waals surface area contributed by atoms with Gasteiger partial charge >= 0.3 is 0 Å². The second-order valence-corrected chi connectivity index (χ2v) is 4.29. The number of hydrogen-bond acceptors (Lipinski definition) is 4. The number of ether oxygens (including phenoxy) is 1. The maximum absolute atomic E-state index is 6.08. The summed E-state index contributed by atoms with van der Waals surface area (Å²) in [6, 6.07) is 5.18. The molecule has 0 bridgehead atoms. The summed E-state index contributed by atoms with van der Waals surface area (Å²) < 4.78 is 11.5. The smallest absolute Gasteiger partial charge is 0.169 e. The Labute approximate surface area is 108 Å². The van der Waals surface area contributed by atoms with Crippen molar-refractivity contribution in [3.8, 4) is 5.75 Å². The highest BCUT2D eigenvalue weighted by atomic mass is 79.9. The first-order valence-corrected chi connectivity index (χ1v) is 6.08. The molecule has 0 aliphatic heterocycles. The van der Waals surface area contributed by atoms with E-state index >= 15 is 0 Å². The third kappa shape index (κ3) is 2.87. The minimum absolute atomic E-state index is 0.339. The summed E-state index contributed by atoms with van der Waals surface area (Å²) >= 11 is 3.25. The molecule has 1 atom stereocenters. The molecule has 0 aliphatic rings. The van der Waals surface area contributed by atoms with E-state index in [1.807, 2.05) is 25.1 Å². The molecule has 1 unspecified atom stereocenters. The lowest BCUT2D eigenvalue weighted by Gasteiger charge is -2.10. The van der Waals surface area contributed by atoms with Crippen LogP contribution in [0.2, 0.25) is 0 Å². The van der Waals surface area contributed by atoms with Crippen LogP contribution < -0.4 is 10.5 Å². The van der Waals surface area contributed by atoms with E-state index in [1.54, 1.807) is 12.4 Å². The van der Waals surface area contributed by atoms with Gasteiger partial charge in [-0.1, -0.05) is 0 Å². The van der Waals surface area contributed by atoms with Crippen molar-refractivity contribution < 1.29 is 9.15 Å². The Bertz CT molecular complexity index is 499. The van der Waals surface area contributed by atoms with Gasteiger partial charge in [-0.3, -0.25) is 4.98 Å². The van der Waals surface area contributed by atoms with Gasteiger partial charge in [-0.05, 0) is 46.6 Å². The highest BCUT2D eigenvalue weighted by Crippen LogP contribution is 2.25. The van der Waals surface area contributed by atoms with Crippen molar-refractivity contribution in [2.45, 2.75) is 13.0 Å². The third-order valence-corrected chi connectivity index (χ3v) is 2.73. The second kappa shape index (κ2) is 5.33. The maximum Gasteiger partial charge on any atom is 0.169 e. The highest BCUT2D eigenvalue weighted by Gasteiger charge is 2.14. The lowest BCUT2D eigenvalue weighted by Crippen LogP contribution is -2.11. The molecule has 2 N–H and O–H groups in total. The van der Waals surface area contributed by atoms with Gasteiger partial charge in [-0.15, -0.1) is 0 Å². The molecule has 90 valence electrons. The van der Waals surface area contributed by atoms with Crippen LogP contribution >= 0.6 is 15.9 Å². The standard InChI is InChI=1S/C12H13BrN2O2/c1-2-16-9-5-8(6-15-7-9)12(14)10-3-4-11(13)17-10/h3-7,12H,2,14H2,1H3. The SMILES string of the molecule is CCOc1cncc(C(N)c2ccc(Br)o2)c1. The molecule has 5 heteroatoms. The summed E-state index contributed by atoms with van der Waals surface area (Å²) in [5.74, 6) is 1.40. The Morgan fingerprint density at radius 2 is 2.29 bits per heavy atom. The molecule has 0 aromatic carbocycles. The molecule has 4 nitrogen and oxygen atoms in total. The van der Waals surface area contributed by atoms with Crippen LogP contribution in [0, 0.1) is 0 Å². The molecule has 0 radical (unpaired) electrons. The molecule has 0 fully saturated rings. The fourth-order valence-electron chi connectivity index (χ4n) is 1.51. The summed E-state index contributed by atoms with van der Waals surface area (Å²) in [5.41, 5.74) is 6.94. The number of nitrogens with two attached hydrogens (primary N) is 1. The van der Waals surface area contributed by atoms with Crippen LogP contribution in [0.4, 0.5) is 0 Å². The maximum atomic E-state index is 6.08. The van der Waals surface area contributed by atoms with E-state index in [2.05, 4.69) is 20.9 Å². The van der Waals surface area contributed by atoms with Crippen LogP contribution in [-0.2, 0) is 0 Å². The van der Waals surface area contributed by atoms with Gasteiger partial charge in [-0.25, -0.2) is 0 Å². The summed E-state index contributed by atoms with van der Waals surface area (Å²) in [7, 11) is 0. The molecular weight excluding hydrogens is 284 g/mol. The molecule has 2 rings (SSSR count). The second-order valence-electron chi connectivity index (χ2n) is 3.51. The van der Waals surface area contributed by atoms with Gasteiger partial charge in [0.15, 0.2) is 4.67 Å². The average Bonchev–Trinajstić information content (AvgIpc) is 2.76. The number of pyridine rings is 1. The van der Waals surface area contributed by atoms with E-state index in [9.17, 15) is 0 Å². The van der Waals surface area contributed by atoms with Crippen molar-refractivity contribution in [3.05, 3.63) is 46.6 Å². The number of furan rings is 1. The molecule has 0 saturated carbocycles. The number of halogens is 1. The molecule has 2 aromatic rings. The molecule has 0 spiro atoms. The van der Waals surface area contributed by atoms with Gasteiger partial charge in [0, 0.05) is 6.20 Å². The van der Waals surface area contributed by atoms with Crippen LogP contribution in [0.5, 0.6) is 5.75 Å². The largest absolute Gasteiger partial charge is 0.492 e. The molecule has 2 aromatic heterocycles. The number of hydrogen-bond donors (Lipinski definition) is 1. The van der Waals surface area contributed by atoms with E-state index in [0.717, 1.165) is 5.56 Å². The zero-order valence-electron chi connectivity index (χ0n) is 9.39. The molecule has 17 heavy (non-hydrogen) atoms. The van der Waals surface area contributed by atoms with Gasteiger partial charge in [0.1, 0.15) is 11.5 Å². The first-order chi connectivity index (χ1) is 8.20. The lowest BCUT2D eigenvalue weighted by molar-refractivity contribution is 0.338. The molecule has 0 aliphatic carbocycles. The van der Waals surface area contributed by atoms with Crippen molar-refractivity contribution in [1.29, 1.82) is 0 Å². The molecule has 0 amide bonds. The fourth-order valence-corrected chi connectivity index (χ4v) is 1.83. The molecular formula is C12H13BrN2O2. The Morgan fingerprint density at radius 1 is 1.47 bits per heavy atom. The van der Waals surface area contributed by atoms with E-state index in [4.69, 9.17) is 14.9 Å². The number of nitrogens with zero attached hydrogens (tertiary/aromatic N) is 1. The Hall–Kier alpha value is -1.33. The van der Waals surface area contributed by atoms with Crippen LogP contribution in [0.3, 0.4) is 0 Å². The van der Waals surface area contributed by atoms with Crippen molar-refractivity contribution in [2.24, 2.45) is 5.73 Å².